The molecule has 3 atom stereocenters. The average Bonchev–Trinajstić information content (AvgIpc) is 3.29. The Bertz CT molecular complexity index is 612. The molecule has 0 bridgehead atoms. The Labute approximate surface area is 130 Å². The number of ether oxygens (including phenoxy) is 1. The zero-order valence-corrected chi connectivity index (χ0v) is 12.8. The smallest absolute Gasteiger partial charge is 0.122 e. The predicted octanol–water partition coefficient (Wildman–Crippen LogP) is 4.06. The number of hydrogen-bond acceptors (Lipinski definition) is 2. The lowest BCUT2D eigenvalue weighted by atomic mass is 10.0. The number of benzene rings is 2. The molecule has 0 amide bonds. The lowest BCUT2D eigenvalue weighted by Gasteiger charge is -2.14. The van der Waals surface area contributed by atoms with Crippen molar-refractivity contribution < 1.29 is 9.84 Å². The van der Waals surface area contributed by atoms with E-state index in [4.69, 9.17) is 16.3 Å². The van der Waals surface area contributed by atoms with Crippen molar-refractivity contribution in [1.82, 2.24) is 0 Å². The number of aliphatic hydroxyl groups is 1. The summed E-state index contributed by atoms with van der Waals surface area (Å²) in [4.78, 5) is 0. The van der Waals surface area contributed by atoms with Crippen molar-refractivity contribution in [2.45, 2.75) is 24.9 Å². The Balaban J connectivity index is 1.68. The van der Waals surface area contributed by atoms with Crippen LogP contribution in [0.5, 0.6) is 5.75 Å². The van der Waals surface area contributed by atoms with Crippen molar-refractivity contribution in [3.05, 3.63) is 64.7 Å². The molecule has 1 aliphatic carbocycles. The lowest BCUT2D eigenvalue weighted by Crippen LogP contribution is -2.14. The highest BCUT2D eigenvalue weighted by molar-refractivity contribution is 6.30. The molecule has 110 valence electrons. The van der Waals surface area contributed by atoms with Gasteiger partial charge in [-0.25, -0.2) is 0 Å². The summed E-state index contributed by atoms with van der Waals surface area (Å²) in [5.74, 6) is 1.60. The molecule has 2 nitrogen and oxygen atoms in total. The second-order valence-corrected chi connectivity index (χ2v) is 6.08. The Morgan fingerprint density at radius 2 is 2.00 bits per heavy atom. The number of rotatable bonds is 5. The van der Waals surface area contributed by atoms with Crippen LogP contribution in [-0.4, -0.2) is 18.3 Å². The van der Waals surface area contributed by atoms with E-state index in [2.05, 4.69) is 24.3 Å². The first-order valence-corrected chi connectivity index (χ1v) is 7.62. The van der Waals surface area contributed by atoms with Crippen LogP contribution < -0.4 is 4.74 Å². The Kier molecular flexibility index (Phi) is 4.18. The van der Waals surface area contributed by atoms with Gasteiger partial charge < -0.3 is 9.84 Å². The van der Waals surface area contributed by atoms with Crippen molar-refractivity contribution in [3.63, 3.8) is 0 Å². The summed E-state index contributed by atoms with van der Waals surface area (Å²) in [6, 6.07) is 15.9. The summed E-state index contributed by atoms with van der Waals surface area (Å²) in [6.45, 7) is 0. The Morgan fingerprint density at radius 3 is 2.71 bits per heavy atom. The normalized spacial score (nSPS) is 21.9. The quantitative estimate of drug-likeness (QED) is 0.902. The molecule has 0 aromatic heterocycles. The molecule has 3 unspecified atom stereocenters. The third-order valence-electron chi connectivity index (χ3n) is 4.23. The second kappa shape index (κ2) is 6.08. The zero-order valence-electron chi connectivity index (χ0n) is 12.0. The first-order chi connectivity index (χ1) is 10.2. The van der Waals surface area contributed by atoms with Gasteiger partial charge in [-0.15, -0.1) is 0 Å². The summed E-state index contributed by atoms with van der Waals surface area (Å²) in [5.41, 5.74) is 2.29. The van der Waals surface area contributed by atoms with E-state index in [0.717, 1.165) is 17.7 Å². The summed E-state index contributed by atoms with van der Waals surface area (Å²) >= 11 is 6.04. The van der Waals surface area contributed by atoms with Crippen molar-refractivity contribution in [1.29, 1.82) is 0 Å². The van der Waals surface area contributed by atoms with E-state index in [-0.39, 0.29) is 6.10 Å². The number of halogens is 1. The van der Waals surface area contributed by atoms with Crippen LogP contribution >= 0.6 is 11.6 Å². The molecule has 1 N–H and O–H groups in total. The second-order valence-electron chi connectivity index (χ2n) is 5.64. The average molecular weight is 303 g/mol. The number of hydrogen-bond donors (Lipinski definition) is 1. The first kappa shape index (κ1) is 14.4. The topological polar surface area (TPSA) is 29.5 Å². The van der Waals surface area contributed by atoms with Crippen molar-refractivity contribution >= 4 is 11.6 Å². The van der Waals surface area contributed by atoms with Gasteiger partial charge in [0.25, 0.3) is 0 Å². The summed E-state index contributed by atoms with van der Waals surface area (Å²) < 4.78 is 5.34. The summed E-state index contributed by atoms with van der Waals surface area (Å²) in [7, 11) is 1.64. The maximum Gasteiger partial charge on any atom is 0.122 e. The van der Waals surface area contributed by atoms with Crippen LogP contribution in [-0.2, 0) is 6.42 Å². The van der Waals surface area contributed by atoms with Gasteiger partial charge in [0.15, 0.2) is 0 Å². The minimum atomic E-state index is -0.359. The van der Waals surface area contributed by atoms with Gasteiger partial charge in [-0.3, -0.25) is 0 Å². The fourth-order valence-electron chi connectivity index (χ4n) is 3.01. The van der Waals surface area contributed by atoms with E-state index >= 15 is 0 Å². The maximum absolute atomic E-state index is 10.5. The standard InChI is InChI=1S/C18H19ClO2/c1-21-18-8-7-14(19)9-13(18)10-17(20)16-11-15(16)12-5-3-2-4-6-12/h2-9,15-17,20H,10-11H2,1H3. The molecular weight excluding hydrogens is 284 g/mol. The molecule has 0 radical (unpaired) electrons. The van der Waals surface area contributed by atoms with Crippen molar-refractivity contribution in [2.75, 3.05) is 7.11 Å². The van der Waals surface area contributed by atoms with Gasteiger partial charge in [0.2, 0.25) is 0 Å². The van der Waals surface area contributed by atoms with Crippen LogP contribution in [0.1, 0.15) is 23.5 Å². The van der Waals surface area contributed by atoms with Gasteiger partial charge >= 0.3 is 0 Å². The van der Waals surface area contributed by atoms with Gasteiger partial charge in [-0.05, 0) is 47.6 Å². The van der Waals surface area contributed by atoms with Gasteiger partial charge in [-0.2, -0.15) is 0 Å². The molecule has 2 aromatic carbocycles. The zero-order chi connectivity index (χ0) is 14.8. The fraction of sp³-hybridized carbons (Fsp3) is 0.333. The van der Waals surface area contributed by atoms with E-state index in [1.54, 1.807) is 13.2 Å². The Hall–Kier alpha value is -1.51. The van der Waals surface area contributed by atoms with E-state index in [1.807, 2.05) is 18.2 Å². The van der Waals surface area contributed by atoms with Crippen molar-refractivity contribution in [2.24, 2.45) is 5.92 Å². The third kappa shape index (κ3) is 3.22. The SMILES string of the molecule is COc1ccc(Cl)cc1CC(O)C1CC1c1ccccc1. The molecule has 1 aliphatic rings. The number of methoxy groups -OCH3 is 1. The van der Waals surface area contributed by atoms with Gasteiger partial charge in [0.1, 0.15) is 5.75 Å². The highest BCUT2D eigenvalue weighted by atomic mass is 35.5. The minimum Gasteiger partial charge on any atom is -0.496 e. The molecule has 3 rings (SSSR count). The summed E-state index contributed by atoms with van der Waals surface area (Å²) in [6.07, 6.45) is 1.27. The molecular formula is C18H19ClO2. The van der Waals surface area contributed by atoms with E-state index in [0.29, 0.717) is 23.3 Å². The summed E-state index contributed by atoms with van der Waals surface area (Å²) in [5, 5.41) is 11.2. The third-order valence-corrected chi connectivity index (χ3v) is 4.47. The largest absolute Gasteiger partial charge is 0.496 e. The van der Waals surface area contributed by atoms with Crippen LogP contribution in [0.3, 0.4) is 0 Å². The predicted molar refractivity (Wildman–Crippen MR) is 85.0 cm³/mol. The van der Waals surface area contributed by atoms with Crippen LogP contribution in [0.15, 0.2) is 48.5 Å². The molecule has 0 aliphatic heterocycles. The highest BCUT2D eigenvalue weighted by Gasteiger charge is 2.43. The van der Waals surface area contributed by atoms with E-state index in [1.165, 1.54) is 5.56 Å². The molecule has 1 saturated carbocycles. The van der Waals surface area contributed by atoms with Crippen LogP contribution in [0.2, 0.25) is 5.02 Å². The molecule has 2 aromatic rings. The molecule has 1 fully saturated rings. The molecule has 0 spiro atoms. The van der Waals surface area contributed by atoms with E-state index < -0.39 is 0 Å². The Morgan fingerprint density at radius 1 is 1.24 bits per heavy atom. The molecule has 0 saturated heterocycles. The highest BCUT2D eigenvalue weighted by Crippen LogP contribution is 2.50. The van der Waals surface area contributed by atoms with Gasteiger partial charge in [0, 0.05) is 11.4 Å². The van der Waals surface area contributed by atoms with Crippen LogP contribution in [0.4, 0.5) is 0 Å². The molecule has 0 heterocycles. The monoisotopic (exact) mass is 302 g/mol. The number of aliphatic hydroxyl groups excluding tert-OH is 1. The molecule has 21 heavy (non-hydrogen) atoms. The van der Waals surface area contributed by atoms with Crippen molar-refractivity contribution in [3.8, 4) is 5.75 Å². The fourth-order valence-corrected chi connectivity index (χ4v) is 3.20. The lowest BCUT2D eigenvalue weighted by molar-refractivity contribution is 0.148. The molecule has 3 heteroatoms. The van der Waals surface area contributed by atoms with Crippen LogP contribution in [0.25, 0.3) is 0 Å². The minimum absolute atomic E-state index is 0.330. The first-order valence-electron chi connectivity index (χ1n) is 7.24. The maximum atomic E-state index is 10.5. The van der Waals surface area contributed by atoms with Gasteiger partial charge in [-0.1, -0.05) is 41.9 Å². The van der Waals surface area contributed by atoms with Gasteiger partial charge in [0.05, 0.1) is 13.2 Å². The van der Waals surface area contributed by atoms with Crippen LogP contribution in [0, 0.1) is 5.92 Å². The van der Waals surface area contributed by atoms with E-state index in [9.17, 15) is 5.11 Å².